The molecule has 0 spiro atoms. The molecule has 0 unspecified atom stereocenters. The molecule has 90 valence electrons. The van der Waals surface area contributed by atoms with Gasteiger partial charge in [-0.2, -0.15) is 0 Å². The second-order valence-corrected chi connectivity index (χ2v) is 5.04. The van der Waals surface area contributed by atoms with E-state index in [0.717, 1.165) is 30.6 Å². The van der Waals surface area contributed by atoms with Crippen LogP contribution in [-0.2, 0) is 13.1 Å². The molecule has 0 radical (unpaired) electrons. The third-order valence-electron chi connectivity index (χ3n) is 2.84. The first-order chi connectivity index (χ1) is 7.69. The third kappa shape index (κ3) is 3.06. The maximum absolute atomic E-state index is 5.51. The van der Waals surface area contributed by atoms with E-state index in [4.69, 9.17) is 10.3 Å². The fourth-order valence-corrected chi connectivity index (χ4v) is 1.98. The lowest BCUT2D eigenvalue weighted by atomic mass is 10.2. The molecular formula is C12H21N3O. The number of nitrogens with zero attached hydrogens (tertiary/aromatic N) is 2. The molecule has 0 saturated heterocycles. The van der Waals surface area contributed by atoms with Gasteiger partial charge in [-0.05, 0) is 18.8 Å². The Morgan fingerprint density at radius 2 is 2.31 bits per heavy atom. The molecule has 4 heteroatoms. The molecule has 1 aliphatic rings. The lowest BCUT2D eigenvalue weighted by Crippen LogP contribution is -2.29. The van der Waals surface area contributed by atoms with E-state index in [-0.39, 0.29) is 0 Å². The predicted molar refractivity (Wildman–Crippen MR) is 62.7 cm³/mol. The number of nitrogens with two attached hydrogens (primary N) is 1. The van der Waals surface area contributed by atoms with E-state index in [1.54, 1.807) is 0 Å². The van der Waals surface area contributed by atoms with Crippen LogP contribution in [0, 0.1) is 5.92 Å². The van der Waals surface area contributed by atoms with E-state index in [0.29, 0.717) is 12.5 Å². The molecule has 0 aliphatic heterocycles. The van der Waals surface area contributed by atoms with Crippen LogP contribution in [0.4, 0.5) is 0 Å². The molecule has 0 atom stereocenters. The molecule has 4 nitrogen and oxygen atoms in total. The molecule has 1 aliphatic carbocycles. The maximum Gasteiger partial charge on any atom is 0.151 e. The Morgan fingerprint density at radius 3 is 2.81 bits per heavy atom. The molecule has 0 amide bonds. The summed E-state index contributed by atoms with van der Waals surface area (Å²) in [5.74, 6) is 1.63. The topological polar surface area (TPSA) is 55.3 Å². The van der Waals surface area contributed by atoms with Crippen LogP contribution in [0.3, 0.4) is 0 Å². The van der Waals surface area contributed by atoms with E-state index in [1.807, 2.05) is 6.07 Å². The molecule has 1 aromatic rings. The van der Waals surface area contributed by atoms with Crippen molar-refractivity contribution in [2.24, 2.45) is 11.7 Å². The minimum Gasteiger partial charge on any atom is -0.360 e. The SMILES string of the molecule is CC(C)CN(Cc1cc(CN)no1)C1CC1. The summed E-state index contributed by atoms with van der Waals surface area (Å²) in [6.45, 7) is 6.96. The summed E-state index contributed by atoms with van der Waals surface area (Å²) in [5.41, 5.74) is 6.35. The van der Waals surface area contributed by atoms with Crippen LogP contribution in [-0.4, -0.2) is 22.6 Å². The van der Waals surface area contributed by atoms with Gasteiger partial charge in [0.2, 0.25) is 0 Å². The van der Waals surface area contributed by atoms with Gasteiger partial charge in [-0.25, -0.2) is 0 Å². The highest BCUT2D eigenvalue weighted by Gasteiger charge is 2.29. The van der Waals surface area contributed by atoms with E-state index >= 15 is 0 Å². The number of rotatable bonds is 6. The van der Waals surface area contributed by atoms with Crippen molar-refractivity contribution >= 4 is 0 Å². The monoisotopic (exact) mass is 223 g/mol. The van der Waals surface area contributed by atoms with E-state index in [2.05, 4.69) is 23.9 Å². The van der Waals surface area contributed by atoms with Crippen LogP contribution < -0.4 is 5.73 Å². The van der Waals surface area contributed by atoms with Gasteiger partial charge < -0.3 is 10.3 Å². The van der Waals surface area contributed by atoms with Crippen LogP contribution in [0.2, 0.25) is 0 Å². The molecule has 1 heterocycles. The van der Waals surface area contributed by atoms with E-state index in [9.17, 15) is 0 Å². The van der Waals surface area contributed by atoms with Gasteiger partial charge >= 0.3 is 0 Å². The summed E-state index contributed by atoms with van der Waals surface area (Å²) in [5, 5.41) is 3.92. The lowest BCUT2D eigenvalue weighted by Gasteiger charge is -2.22. The quantitative estimate of drug-likeness (QED) is 0.798. The summed E-state index contributed by atoms with van der Waals surface area (Å²) >= 11 is 0. The summed E-state index contributed by atoms with van der Waals surface area (Å²) in [7, 11) is 0. The highest BCUT2D eigenvalue weighted by Crippen LogP contribution is 2.29. The molecule has 0 aromatic carbocycles. The van der Waals surface area contributed by atoms with Crippen LogP contribution in [0.25, 0.3) is 0 Å². The molecule has 1 saturated carbocycles. The Balaban J connectivity index is 1.93. The van der Waals surface area contributed by atoms with Gasteiger partial charge in [0, 0.05) is 25.2 Å². The Labute approximate surface area is 96.8 Å². The molecular weight excluding hydrogens is 202 g/mol. The van der Waals surface area contributed by atoms with Gasteiger partial charge in [0.1, 0.15) is 0 Å². The van der Waals surface area contributed by atoms with Crippen LogP contribution in [0.15, 0.2) is 10.6 Å². The minimum absolute atomic E-state index is 0.455. The summed E-state index contributed by atoms with van der Waals surface area (Å²) in [4.78, 5) is 2.49. The maximum atomic E-state index is 5.51. The van der Waals surface area contributed by atoms with Crippen LogP contribution in [0.5, 0.6) is 0 Å². The Morgan fingerprint density at radius 1 is 1.56 bits per heavy atom. The van der Waals surface area contributed by atoms with Crippen LogP contribution in [0.1, 0.15) is 38.1 Å². The first-order valence-corrected chi connectivity index (χ1v) is 6.07. The number of hydrogen-bond donors (Lipinski definition) is 1. The number of aromatic nitrogens is 1. The van der Waals surface area contributed by atoms with Gasteiger partial charge in [-0.15, -0.1) is 0 Å². The molecule has 16 heavy (non-hydrogen) atoms. The van der Waals surface area contributed by atoms with Crippen molar-refractivity contribution in [2.75, 3.05) is 6.54 Å². The molecule has 2 rings (SSSR count). The standard InChI is InChI=1S/C12H21N3O/c1-9(2)7-15(11-3-4-11)8-12-5-10(6-13)14-16-12/h5,9,11H,3-4,6-8,13H2,1-2H3. The average molecular weight is 223 g/mol. The predicted octanol–water partition coefficient (Wildman–Crippen LogP) is 1.75. The first-order valence-electron chi connectivity index (χ1n) is 6.07. The second-order valence-electron chi connectivity index (χ2n) is 5.04. The highest BCUT2D eigenvalue weighted by molar-refractivity contribution is 5.05. The Hall–Kier alpha value is -0.870. The van der Waals surface area contributed by atoms with Gasteiger partial charge in [-0.3, -0.25) is 4.90 Å². The zero-order valence-corrected chi connectivity index (χ0v) is 10.1. The third-order valence-corrected chi connectivity index (χ3v) is 2.84. The van der Waals surface area contributed by atoms with Gasteiger partial charge in [0.25, 0.3) is 0 Å². The molecule has 1 fully saturated rings. The van der Waals surface area contributed by atoms with Crippen molar-refractivity contribution in [3.05, 3.63) is 17.5 Å². The van der Waals surface area contributed by atoms with Gasteiger partial charge in [0.05, 0.1) is 12.2 Å². The van der Waals surface area contributed by atoms with Crippen molar-refractivity contribution in [1.29, 1.82) is 0 Å². The second kappa shape index (κ2) is 4.97. The van der Waals surface area contributed by atoms with Crippen molar-refractivity contribution in [1.82, 2.24) is 10.1 Å². The highest BCUT2D eigenvalue weighted by atomic mass is 16.5. The fourth-order valence-electron chi connectivity index (χ4n) is 1.98. The Bertz CT molecular complexity index is 331. The van der Waals surface area contributed by atoms with Gasteiger partial charge in [-0.1, -0.05) is 19.0 Å². The van der Waals surface area contributed by atoms with Crippen molar-refractivity contribution in [3.63, 3.8) is 0 Å². The lowest BCUT2D eigenvalue weighted by molar-refractivity contribution is 0.200. The van der Waals surface area contributed by atoms with Crippen molar-refractivity contribution in [3.8, 4) is 0 Å². The normalized spacial score (nSPS) is 16.3. The van der Waals surface area contributed by atoms with Crippen molar-refractivity contribution < 1.29 is 4.52 Å². The summed E-state index contributed by atoms with van der Waals surface area (Å²) in [6.07, 6.45) is 2.65. The smallest absolute Gasteiger partial charge is 0.151 e. The first kappa shape index (κ1) is 11.6. The van der Waals surface area contributed by atoms with E-state index in [1.165, 1.54) is 12.8 Å². The largest absolute Gasteiger partial charge is 0.360 e. The molecule has 1 aromatic heterocycles. The molecule has 2 N–H and O–H groups in total. The zero-order chi connectivity index (χ0) is 11.5. The molecule has 0 bridgehead atoms. The average Bonchev–Trinajstić information content (AvgIpc) is 2.98. The summed E-state index contributed by atoms with van der Waals surface area (Å²) < 4.78 is 5.27. The fraction of sp³-hybridized carbons (Fsp3) is 0.750. The van der Waals surface area contributed by atoms with Crippen LogP contribution >= 0.6 is 0 Å². The van der Waals surface area contributed by atoms with E-state index < -0.39 is 0 Å². The van der Waals surface area contributed by atoms with Crippen molar-refractivity contribution in [2.45, 2.75) is 45.8 Å². The summed E-state index contributed by atoms with van der Waals surface area (Å²) in [6, 6.07) is 2.73. The van der Waals surface area contributed by atoms with Gasteiger partial charge in [0.15, 0.2) is 5.76 Å². The number of hydrogen-bond acceptors (Lipinski definition) is 4. The zero-order valence-electron chi connectivity index (χ0n) is 10.1. The Kier molecular flexibility index (Phi) is 3.61. The minimum atomic E-state index is 0.455.